The van der Waals surface area contributed by atoms with Gasteiger partial charge in [-0.1, -0.05) is 29.8 Å². The van der Waals surface area contributed by atoms with Crippen LogP contribution in [0.1, 0.15) is 29.6 Å². The van der Waals surface area contributed by atoms with E-state index >= 15 is 0 Å². The maximum Gasteiger partial charge on any atom is 0.254 e. The summed E-state index contributed by atoms with van der Waals surface area (Å²) in [7, 11) is 0. The van der Waals surface area contributed by atoms with E-state index in [0.29, 0.717) is 60.9 Å². The lowest BCUT2D eigenvalue weighted by molar-refractivity contribution is 0.0660. The molecule has 2 aliphatic rings. The van der Waals surface area contributed by atoms with Crippen molar-refractivity contribution in [1.29, 1.82) is 0 Å². The first kappa shape index (κ1) is 18.9. The van der Waals surface area contributed by atoms with Crippen molar-refractivity contribution >= 4 is 17.5 Å². The minimum absolute atomic E-state index is 0.0139. The van der Waals surface area contributed by atoms with Gasteiger partial charge in [-0.15, -0.1) is 0 Å². The van der Waals surface area contributed by atoms with Crippen molar-refractivity contribution in [2.75, 3.05) is 32.9 Å². The number of fused-ring (bicyclic) bond motifs is 1. The molecule has 6 heteroatoms. The number of ether oxygens (including phenoxy) is 3. The summed E-state index contributed by atoms with van der Waals surface area (Å²) in [6.07, 6.45) is 2.65. The van der Waals surface area contributed by atoms with E-state index in [1.165, 1.54) is 0 Å². The summed E-state index contributed by atoms with van der Waals surface area (Å²) in [5.41, 5.74) is 0.549. The van der Waals surface area contributed by atoms with Crippen molar-refractivity contribution in [2.45, 2.75) is 19.3 Å². The summed E-state index contributed by atoms with van der Waals surface area (Å²) in [4.78, 5) is 14.8. The van der Waals surface area contributed by atoms with Gasteiger partial charge in [0, 0.05) is 25.1 Å². The fourth-order valence-electron chi connectivity index (χ4n) is 3.57. The monoisotopic (exact) mass is 401 g/mol. The standard InChI is InChI=1S/C22H24ClNO4/c23-19-13-17(14-20-21(19)27-12-4-11-26-20)22(25)24-9-7-16(8-10-24)15-28-18-5-2-1-3-6-18/h1-3,5-6,13-14,16H,4,7-12,15H2. The van der Waals surface area contributed by atoms with Crippen molar-refractivity contribution in [3.8, 4) is 17.2 Å². The lowest BCUT2D eigenvalue weighted by Gasteiger charge is -2.32. The molecular formula is C22H24ClNO4. The number of piperidine rings is 1. The maximum absolute atomic E-state index is 12.9. The molecule has 4 rings (SSSR count). The van der Waals surface area contributed by atoms with Crippen molar-refractivity contribution in [1.82, 2.24) is 4.90 Å². The van der Waals surface area contributed by atoms with Crippen LogP contribution < -0.4 is 14.2 Å². The van der Waals surface area contributed by atoms with Gasteiger partial charge in [0.15, 0.2) is 11.5 Å². The average Bonchev–Trinajstić information content (AvgIpc) is 2.99. The van der Waals surface area contributed by atoms with E-state index < -0.39 is 0 Å². The second-order valence-electron chi connectivity index (χ2n) is 7.20. The number of likely N-dealkylation sites (tertiary alicyclic amines) is 1. The number of carbonyl (C=O) groups is 1. The number of halogens is 1. The number of nitrogens with zero attached hydrogens (tertiary/aromatic N) is 1. The van der Waals surface area contributed by atoms with E-state index in [9.17, 15) is 4.79 Å². The van der Waals surface area contributed by atoms with Gasteiger partial charge in [0.1, 0.15) is 5.75 Å². The van der Waals surface area contributed by atoms with Crippen LogP contribution in [0.25, 0.3) is 0 Å². The molecule has 2 aliphatic heterocycles. The number of hydrogen-bond donors (Lipinski definition) is 0. The Labute approximate surface area is 170 Å². The van der Waals surface area contributed by atoms with Gasteiger partial charge in [-0.05, 0) is 43.0 Å². The van der Waals surface area contributed by atoms with Crippen LogP contribution in [0.4, 0.5) is 0 Å². The predicted molar refractivity (Wildman–Crippen MR) is 108 cm³/mol. The zero-order chi connectivity index (χ0) is 19.3. The molecule has 148 valence electrons. The van der Waals surface area contributed by atoms with Crippen LogP contribution in [-0.2, 0) is 0 Å². The van der Waals surface area contributed by atoms with Crippen LogP contribution in [0.15, 0.2) is 42.5 Å². The summed E-state index contributed by atoms with van der Waals surface area (Å²) in [5, 5.41) is 0.425. The largest absolute Gasteiger partial charge is 0.493 e. The van der Waals surface area contributed by atoms with Crippen molar-refractivity contribution in [3.63, 3.8) is 0 Å². The SMILES string of the molecule is O=C(c1cc(Cl)c2c(c1)OCCCO2)N1CCC(COc2ccccc2)CC1. The fraction of sp³-hybridized carbons (Fsp3) is 0.409. The smallest absolute Gasteiger partial charge is 0.254 e. The predicted octanol–water partition coefficient (Wildman–Crippen LogP) is 4.43. The third kappa shape index (κ3) is 4.36. The Kier molecular flexibility index (Phi) is 5.91. The molecule has 2 aromatic carbocycles. The molecule has 0 atom stereocenters. The molecule has 0 spiro atoms. The molecule has 0 bridgehead atoms. The molecule has 0 saturated carbocycles. The molecule has 1 saturated heterocycles. The first-order chi connectivity index (χ1) is 13.7. The molecule has 28 heavy (non-hydrogen) atoms. The van der Waals surface area contributed by atoms with Gasteiger partial charge in [-0.2, -0.15) is 0 Å². The summed E-state index contributed by atoms with van der Waals surface area (Å²) in [6.45, 7) is 3.25. The Bertz CT molecular complexity index is 819. The third-order valence-corrected chi connectivity index (χ3v) is 5.46. The fourth-order valence-corrected chi connectivity index (χ4v) is 3.84. The topological polar surface area (TPSA) is 48.0 Å². The van der Waals surface area contributed by atoms with Crippen LogP contribution in [0.3, 0.4) is 0 Å². The van der Waals surface area contributed by atoms with E-state index in [1.807, 2.05) is 35.2 Å². The van der Waals surface area contributed by atoms with Crippen molar-refractivity contribution in [3.05, 3.63) is 53.1 Å². The van der Waals surface area contributed by atoms with Gasteiger partial charge in [-0.3, -0.25) is 4.79 Å². The van der Waals surface area contributed by atoms with Crippen molar-refractivity contribution in [2.24, 2.45) is 5.92 Å². The molecule has 5 nitrogen and oxygen atoms in total. The molecule has 0 N–H and O–H groups in total. The number of carbonyl (C=O) groups excluding carboxylic acids is 1. The first-order valence-electron chi connectivity index (χ1n) is 9.77. The van der Waals surface area contributed by atoms with Crippen LogP contribution in [0.5, 0.6) is 17.2 Å². The van der Waals surface area contributed by atoms with E-state index in [1.54, 1.807) is 12.1 Å². The zero-order valence-corrected chi connectivity index (χ0v) is 16.5. The second kappa shape index (κ2) is 8.74. The Hall–Kier alpha value is -2.40. The minimum Gasteiger partial charge on any atom is -0.493 e. The number of amides is 1. The van der Waals surface area contributed by atoms with E-state index in [0.717, 1.165) is 25.0 Å². The molecule has 2 heterocycles. The summed E-state index contributed by atoms with van der Waals surface area (Å²) in [6, 6.07) is 13.3. The second-order valence-corrected chi connectivity index (χ2v) is 7.60. The Balaban J connectivity index is 1.35. The van der Waals surface area contributed by atoms with Gasteiger partial charge in [0.25, 0.3) is 5.91 Å². The highest BCUT2D eigenvalue weighted by molar-refractivity contribution is 6.32. The molecule has 0 radical (unpaired) electrons. The van der Waals surface area contributed by atoms with Gasteiger partial charge < -0.3 is 19.1 Å². The Morgan fingerprint density at radius 3 is 2.64 bits per heavy atom. The molecule has 1 amide bonds. The lowest BCUT2D eigenvalue weighted by atomic mass is 9.97. The number of benzene rings is 2. The van der Waals surface area contributed by atoms with Crippen molar-refractivity contribution < 1.29 is 19.0 Å². The zero-order valence-electron chi connectivity index (χ0n) is 15.7. The van der Waals surface area contributed by atoms with Crippen LogP contribution in [0, 0.1) is 5.92 Å². The lowest BCUT2D eigenvalue weighted by Crippen LogP contribution is -2.39. The molecular weight excluding hydrogens is 378 g/mol. The first-order valence-corrected chi connectivity index (χ1v) is 10.1. The quantitative estimate of drug-likeness (QED) is 0.760. The summed E-state index contributed by atoms with van der Waals surface area (Å²) in [5.74, 6) is 2.42. The number of rotatable bonds is 4. The van der Waals surface area contributed by atoms with Gasteiger partial charge in [0.2, 0.25) is 0 Å². The van der Waals surface area contributed by atoms with Crippen LogP contribution in [0.2, 0.25) is 5.02 Å². The highest BCUT2D eigenvalue weighted by Gasteiger charge is 2.26. The maximum atomic E-state index is 12.9. The third-order valence-electron chi connectivity index (χ3n) is 5.18. The minimum atomic E-state index is -0.0139. The van der Waals surface area contributed by atoms with Crippen LogP contribution in [-0.4, -0.2) is 43.7 Å². The molecule has 0 aromatic heterocycles. The summed E-state index contributed by atoms with van der Waals surface area (Å²) < 4.78 is 17.2. The highest BCUT2D eigenvalue weighted by atomic mass is 35.5. The number of hydrogen-bond acceptors (Lipinski definition) is 4. The van der Waals surface area contributed by atoms with E-state index in [4.69, 9.17) is 25.8 Å². The molecule has 0 aliphatic carbocycles. The summed E-state index contributed by atoms with van der Waals surface area (Å²) >= 11 is 6.33. The molecule has 0 unspecified atom stereocenters. The van der Waals surface area contributed by atoms with Gasteiger partial charge >= 0.3 is 0 Å². The van der Waals surface area contributed by atoms with Gasteiger partial charge in [0.05, 0.1) is 24.8 Å². The highest BCUT2D eigenvalue weighted by Crippen LogP contribution is 2.38. The Morgan fingerprint density at radius 1 is 1.11 bits per heavy atom. The normalized spacial score (nSPS) is 17.1. The van der Waals surface area contributed by atoms with E-state index in [2.05, 4.69) is 0 Å². The molecule has 1 fully saturated rings. The van der Waals surface area contributed by atoms with Gasteiger partial charge in [-0.25, -0.2) is 0 Å². The van der Waals surface area contributed by atoms with Crippen LogP contribution >= 0.6 is 11.6 Å². The Morgan fingerprint density at radius 2 is 1.86 bits per heavy atom. The number of para-hydroxylation sites is 1. The average molecular weight is 402 g/mol. The van der Waals surface area contributed by atoms with E-state index in [-0.39, 0.29) is 5.91 Å². The molecule has 2 aromatic rings.